The third-order valence-electron chi connectivity index (χ3n) is 6.35. The molecule has 1 N–H and O–H groups in total. The molecule has 1 aromatic heterocycles. The van der Waals surface area contributed by atoms with Crippen LogP contribution < -0.4 is 5.48 Å². The van der Waals surface area contributed by atoms with Crippen LogP contribution in [0, 0.1) is 5.41 Å². The van der Waals surface area contributed by atoms with Crippen molar-refractivity contribution >= 4 is 5.97 Å². The van der Waals surface area contributed by atoms with Gasteiger partial charge in [0, 0.05) is 43.9 Å². The molecule has 176 valence electrons. The second kappa shape index (κ2) is 9.07. The number of aryl methyl sites for hydroxylation is 1. The number of nitrogens with one attached hydrogen (secondary N) is 1. The summed E-state index contributed by atoms with van der Waals surface area (Å²) >= 11 is 0. The SMILES string of the molecule is CN(CCNOC(=O)C(F)(F)F)Cc1cnn(C)c1C1CCC2(CC1)CC(C)(C)CO2. The summed E-state index contributed by atoms with van der Waals surface area (Å²) in [6.45, 7) is 6.47. The van der Waals surface area contributed by atoms with E-state index in [9.17, 15) is 18.0 Å². The summed E-state index contributed by atoms with van der Waals surface area (Å²) in [5.41, 5.74) is 4.68. The van der Waals surface area contributed by atoms with Crippen molar-refractivity contribution in [3.8, 4) is 0 Å². The summed E-state index contributed by atoms with van der Waals surface area (Å²) in [5.74, 6) is -1.82. The molecule has 0 amide bonds. The topological polar surface area (TPSA) is 68.6 Å². The summed E-state index contributed by atoms with van der Waals surface area (Å²) in [5, 5.41) is 4.45. The number of aromatic nitrogens is 2. The number of carbonyl (C=O) groups is 1. The highest BCUT2D eigenvalue weighted by Gasteiger charge is 2.47. The lowest BCUT2D eigenvalue weighted by Crippen LogP contribution is -2.35. The molecule has 10 heteroatoms. The zero-order valence-electron chi connectivity index (χ0n) is 18.7. The quantitative estimate of drug-likeness (QED) is 0.512. The van der Waals surface area contributed by atoms with Gasteiger partial charge in [0.25, 0.3) is 0 Å². The average Bonchev–Trinajstić information content (AvgIpc) is 3.18. The molecule has 2 fully saturated rings. The van der Waals surface area contributed by atoms with Gasteiger partial charge in [-0.1, -0.05) is 13.8 Å². The standard InChI is InChI=1S/C21H33F3N4O3/c1-19(2)13-20(30-14-19)7-5-15(6-8-20)17-16(11-25-28(17)4)12-27(3)10-9-26-31-18(29)21(22,23)24/h11,15,26H,5-10,12-14H2,1-4H3. The lowest BCUT2D eigenvalue weighted by atomic mass is 9.72. The Bertz CT molecular complexity index is 770. The zero-order chi connectivity index (χ0) is 22.9. The Hall–Kier alpha value is -1.65. The lowest BCUT2D eigenvalue weighted by Gasteiger charge is -2.37. The first-order valence-electron chi connectivity index (χ1n) is 10.7. The van der Waals surface area contributed by atoms with Crippen LogP contribution in [0.4, 0.5) is 13.2 Å². The fraction of sp³-hybridized carbons (Fsp3) is 0.810. The highest BCUT2D eigenvalue weighted by Crippen LogP contribution is 2.50. The van der Waals surface area contributed by atoms with Crippen LogP contribution in [0.3, 0.4) is 0 Å². The Morgan fingerprint density at radius 2 is 2.06 bits per heavy atom. The van der Waals surface area contributed by atoms with Crippen molar-refractivity contribution in [3.63, 3.8) is 0 Å². The Balaban J connectivity index is 1.50. The van der Waals surface area contributed by atoms with Crippen LogP contribution in [0.25, 0.3) is 0 Å². The Morgan fingerprint density at radius 3 is 2.65 bits per heavy atom. The predicted molar refractivity (Wildman–Crippen MR) is 108 cm³/mol. The maximum Gasteiger partial charge on any atom is 0.492 e. The smallest absolute Gasteiger partial charge is 0.374 e. The normalized spacial score (nSPS) is 26.0. The Labute approximate surface area is 181 Å². The van der Waals surface area contributed by atoms with Crippen molar-refractivity contribution < 1.29 is 27.5 Å². The molecule has 1 saturated heterocycles. The molecule has 1 aliphatic heterocycles. The van der Waals surface area contributed by atoms with Crippen molar-refractivity contribution in [3.05, 3.63) is 17.5 Å². The first-order chi connectivity index (χ1) is 14.4. The van der Waals surface area contributed by atoms with Crippen LogP contribution in [-0.2, 0) is 28.0 Å². The molecule has 1 spiro atoms. The van der Waals surface area contributed by atoms with Gasteiger partial charge >= 0.3 is 12.1 Å². The van der Waals surface area contributed by atoms with E-state index in [1.165, 1.54) is 5.69 Å². The second-order valence-electron chi connectivity index (χ2n) is 9.79. The first kappa shape index (κ1) is 24.0. The van der Waals surface area contributed by atoms with Crippen molar-refractivity contribution in [1.82, 2.24) is 20.2 Å². The summed E-state index contributed by atoms with van der Waals surface area (Å²) in [7, 11) is 3.82. The van der Waals surface area contributed by atoms with E-state index < -0.39 is 12.1 Å². The van der Waals surface area contributed by atoms with E-state index in [2.05, 4.69) is 29.3 Å². The van der Waals surface area contributed by atoms with Gasteiger partial charge in [-0.25, -0.2) is 4.79 Å². The van der Waals surface area contributed by atoms with Crippen molar-refractivity contribution in [1.29, 1.82) is 0 Å². The van der Waals surface area contributed by atoms with Crippen LogP contribution >= 0.6 is 0 Å². The second-order valence-corrected chi connectivity index (χ2v) is 9.79. The molecule has 0 radical (unpaired) electrons. The highest BCUT2D eigenvalue weighted by atomic mass is 19.4. The number of nitrogens with zero attached hydrogens (tertiary/aromatic N) is 3. The highest BCUT2D eigenvalue weighted by molar-refractivity contribution is 5.75. The number of ether oxygens (including phenoxy) is 1. The molecule has 1 saturated carbocycles. The molecule has 1 aromatic rings. The molecule has 3 rings (SSSR count). The molecular formula is C21H33F3N4O3. The van der Waals surface area contributed by atoms with E-state index in [0.717, 1.165) is 44.3 Å². The van der Waals surface area contributed by atoms with Gasteiger partial charge in [0.2, 0.25) is 0 Å². The maximum absolute atomic E-state index is 12.1. The molecule has 0 unspecified atom stereocenters. The fourth-order valence-electron chi connectivity index (χ4n) is 4.98. The van der Waals surface area contributed by atoms with E-state index in [1.807, 2.05) is 29.9 Å². The number of alkyl halides is 3. The summed E-state index contributed by atoms with van der Waals surface area (Å²) in [6.07, 6.45) is 2.19. The lowest BCUT2D eigenvalue weighted by molar-refractivity contribution is -0.207. The fourth-order valence-corrected chi connectivity index (χ4v) is 4.98. The summed E-state index contributed by atoms with van der Waals surface area (Å²) in [6, 6.07) is 0. The molecule has 7 nitrogen and oxygen atoms in total. The minimum absolute atomic E-state index is 0.0229. The molecule has 1 aliphatic carbocycles. The monoisotopic (exact) mass is 446 g/mol. The molecular weight excluding hydrogens is 413 g/mol. The minimum Gasteiger partial charge on any atom is -0.374 e. The van der Waals surface area contributed by atoms with Gasteiger partial charge in [0.05, 0.1) is 18.4 Å². The number of hydrogen-bond donors (Lipinski definition) is 1. The van der Waals surface area contributed by atoms with Gasteiger partial charge in [-0.05, 0) is 44.6 Å². The Morgan fingerprint density at radius 1 is 1.39 bits per heavy atom. The van der Waals surface area contributed by atoms with Crippen LogP contribution in [-0.4, -0.2) is 59.2 Å². The zero-order valence-corrected chi connectivity index (χ0v) is 18.7. The molecule has 0 aromatic carbocycles. The van der Waals surface area contributed by atoms with Crippen molar-refractivity contribution in [2.45, 2.75) is 70.2 Å². The maximum atomic E-state index is 12.1. The van der Waals surface area contributed by atoms with E-state index in [0.29, 0.717) is 19.0 Å². The van der Waals surface area contributed by atoms with Crippen molar-refractivity contribution in [2.24, 2.45) is 12.5 Å². The van der Waals surface area contributed by atoms with Crippen LogP contribution in [0.15, 0.2) is 6.20 Å². The third-order valence-corrected chi connectivity index (χ3v) is 6.35. The molecule has 2 heterocycles. The molecule has 0 bridgehead atoms. The van der Waals surface area contributed by atoms with Gasteiger partial charge in [0.15, 0.2) is 0 Å². The molecule has 0 atom stereocenters. The van der Waals surface area contributed by atoms with E-state index in [4.69, 9.17) is 4.74 Å². The van der Waals surface area contributed by atoms with Gasteiger partial charge in [0.1, 0.15) is 0 Å². The molecule has 31 heavy (non-hydrogen) atoms. The largest absolute Gasteiger partial charge is 0.492 e. The Kier molecular flexibility index (Phi) is 7.02. The van der Waals surface area contributed by atoms with Gasteiger partial charge in [-0.3, -0.25) is 4.68 Å². The van der Waals surface area contributed by atoms with Gasteiger partial charge < -0.3 is 14.5 Å². The van der Waals surface area contributed by atoms with Crippen molar-refractivity contribution in [2.75, 3.05) is 26.7 Å². The number of likely N-dealkylation sites (N-methyl/N-ethyl adjacent to an activating group) is 1. The average molecular weight is 447 g/mol. The number of hydroxylamine groups is 1. The van der Waals surface area contributed by atoms with Gasteiger partial charge in [-0.2, -0.15) is 23.8 Å². The predicted octanol–water partition coefficient (Wildman–Crippen LogP) is 3.30. The summed E-state index contributed by atoms with van der Waals surface area (Å²) in [4.78, 5) is 16.7. The van der Waals surface area contributed by atoms with E-state index >= 15 is 0 Å². The van der Waals surface area contributed by atoms with E-state index in [1.54, 1.807) is 0 Å². The number of rotatable bonds is 7. The number of halogens is 3. The van der Waals surface area contributed by atoms with Crippen LogP contribution in [0.1, 0.15) is 63.1 Å². The number of carbonyl (C=O) groups excluding carboxylic acids is 1. The first-order valence-corrected chi connectivity index (χ1v) is 10.7. The summed E-state index contributed by atoms with van der Waals surface area (Å²) < 4.78 is 44.6. The van der Waals surface area contributed by atoms with Crippen LogP contribution in [0.5, 0.6) is 0 Å². The minimum atomic E-state index is -5.00. The van der Waals surface area contributed by atoms with Crippen LogP contribution in [0.2, 0.25) is 0 Å². The third kappa shape index (κ3) is 5.98. The number of hydrogen-bond acceptors (Lipinski definition) is 6. The molecule has 2 aliphatic rings. The van der Waals surface area contributed by atoms with E-state index in [-0.39, 0.29) is 17.6 Å². The van der Waals surface area contributed by atoms with Gasteiger partial charge in [-0.15, -0.1) is 0 Å².